The number of hydrogen-bond donors (Lipinski definition) is 1. The Bertz CT molecular complexity index is 509. The van der Waals surface area contributed by atoms with Crippen LogP contribution in [0.15, 0.2) is 47.6 Å². The SMILES string of the molecule is Cc1cc(SCc2ccccc2)ncc1[C@@H](C)N. The molecule has 1 atom stereocenters. The predicted molar refractivity (Wildman–Crippen MR) is 77.6 cm³/mol. The predicted octanol–water partition coefficient (Wildman–Crippen LogP) is 3.70. The minimum Gasteiger partial charge on any atom is -0.324 e. The van der Waals surface area contributed by atoms with Crippen LogP contribution in [0.5, 0.6) is 0 Å². The minimum atomic E-state index is 0.0469. The molecule has 0 fully saturated rings. The third-order valence-corrected chi connectivity index (χ3v) is 3.84. The highest BCUT2D eigenvalue weighted by Crippen LogP contribution is 2.24. The first-order chi connectivity index (χ1) is 8.66. The lowest BCUT2D eigenvalue weighted by Crippen LogP contribution is -2.07. The molecule has 0 spiro atoms. The van der Waals surface area contributed by atoms with Gasteiger partial charge in [0.2, 0.25) is 0 Å². The molecule has 0 aliphatic heterocycles. The molecule has 18 heavy (non-hydrogen) atoms. The summed E-state index contributed by atoms with van der Waals surface area (Å²) in [6.07, 6.45) is 1.90. The molecule has 0 saturated carbocycles. The van der Waals surface area contributed by atoms with Gasteiger partial charge >= 0.3 is 0 Å². The molecule has 0 saturated heterocycles. The fraction of sp³-hybridized carbons (Fsp3) is 0.267. The smallest absolute Gasteiger partial charge is 0.0965 e. The van der Waals surface area contributed by atoms with Crippen molar-refractivity contribution in [2.75, 3.05) is 0 Å². The first-order valence-corrected chi connectivity index (χ1v) is 7.04. The van der Waals surface area contributed by atoms with E-state index in [9.17, 15) is 0 Å². The summed E-state index contributed by atoms with van der Waals surface area (Å²) in [4.78, 5) is 4.46. The monoisotopic (exact) mass is 258 g/mol. The zero-order chi connectivity index (χ0) is 13.0. The van der Waals surface area contributed by atoms with Gasteiger partial charge in [0, 0.05) is 18.0 Å². The fourth-order valence-electron chi connectivity index (χ4n) is 1.83. The number of aryl methyl sites for hydroxylation is 1. The Morgan fingerprint density at radius 1 is 1.28 bits per heavy atom. The maximum atomic E-state index is 5.88. The van der Waals surface area contributed by atoms with Gasteiger partial charge < -0.3 is 5.73 Å². The standard InChI is InChI=1S/C15H18N2S/c1-11-8-15(17-9-14(11)12(2)16)18-10-13-6-4-3-5-7-13/h3-9,12H,10,16H2,1-2H3/t12-/m1/s1. The molecule has 2 N–H and O–H groups in total. The van der Waals surface area contributed by atoms with Crippen LogP contribution < -0.4 is 5.73 Å². The van der Waals surface area contributed by atoms with Gasteiger partial charge in [0.05, 0.1) is 5.03 Å². The van der Waals surface area contributed by atoms with Crippen molar-refractivity contribution >= 4 is 11.8 Å². The molecule has 0 radical (unpaired) electrons. The Kier molecular flexibility index (Phi) is 4.39. The number of hydrogen-bond acceptors (Lipinski definition) is 3. The molecule has 2 aromatic rings. The van der Waals surface area contributed by atoms with Crippen molar-refractivity contribution in [3.8, 4) is 0 Å². The second-order valence-corrected chi connectivity index (χ2v) is 5.44. The Morgan fingerprint density at radius 3 is 2.61 bits per heavy atom. The summed E-state index contributed by atoms with van der Waals surface area (Å²) in [5, 5.41) is 1.06. The Morgan fingerprint density at radius 2 is 2.00 bits per heavy atom. The van der Waals surface area contributed by atoms with Crippen LogP contribution in [0, 0.1) is 6.92 Å². The molecule has 2 nitrogen and oxygen atoms in total. The molecular weight excluding hydrogens is 240 g/mol. The zero-order valence-electron chi connectivity index (χ0n) is 10.8. The molecular formula is C15H18N2S. The molecule has 0 aliphatic carbocycles. The first-order valence-electron chi connectivity index (χ1n) is 6.05. The summed E-state index contributed by atoms with van der Waals surface area (Å²) in [6.45, 7) is 4.08. The summed E-state index contributed by atoms with van der Waals surface area (Å²) >= 11 is 1.76. The van der Waals surface area contributed by atoms with Crippen LogP contribution in [0.3, 0.4) is 0 Å². The Hall–Kier alpha value is -1.32. The lowest BCUT2D eigenvalue weighted by atomic mass is 10.1. The van der Waals surface area contributed by atoms with Crippen LogP contribution in [-0.4, -0.2) is 4.98 Å². The van der Waals surface area contributed by atoms with Crippen molar-refractivity contribution in [3.63, 3.8) is 0 Å². The van der Waals surface area contributed by atoms with Gasteiger partial charge in [-0.2, -0.15) is 0 Å². The lowest BCUT2D eigenvalue weighted by molar-refractivity contribution is 0.796. The summed E-state index contributed by atoms with van der Waals surface area (Å²) in [6, 6.07) is 12.6. The Labute approximate surface area is 113 Å². The molecule has 0 bridgehead atoms. The molecule has 2 rings (SSSR count). The first kappa shape index (κ1) is 13.1. The topological polar surface area (TPSA) is 38.9 Å². The summed E-state index contributed by atoms with van der Waals surface area (Å²) in [7, 11) is 0. The molecule has 1 heterocycles. The number of thioether (sulfide) groups is 1. The second kappa shape index (κ2) is 6.03. The second-order valence-electron chi connectivity index (χ2n) is 4.44. The van der Waals surface area contributed by atoms with Gasteiger partial charge in [-0.25, -0.2) is 4.98 Å². The summed E-state index contributed by atoms with van der Waals surface area (Å²) in [5.74, 6) is 0.949. The van der Waals surface area contributed by atoms with E-state index in [-0.39, 0.29) is 6.04 Å². The van der Waals surface area contributed by atoms with Crippen molar-refractivity contribution in [3.05, 3.63) is 59.3 Å². The number of aromatic nitrogens is 1. The zero-order valence-corrected chi connectivity index (χ0v) is 11.6. The highest BCUT2D eigenvalue weighted by molar-refractivity contribution is 7.98. The van der Waals surface area contributed by atoms with Crippen LogP contribution in [0.25, 0.3) is 0 Å². The summed E-state index contributed by atoms with van der Waals surface area (Å²) < 4.78 is 0. The van der Waals surface area contributed by atoms with Gasteiger partial charge in [0.1, 0.15) is 0 Å². The summed E-state index contributed by atoms with van der Waals surface area (Å²) in [5.41, 5.74) is 9.54. The number of rotatable bonds is 4. The van der Waals surface area contributed by atoms with E-state index in [0.29, 0.717) is 0 Å². The van der Waals surface area contributed by atoms with E-state index in [0.717, 1.165) is 16.3 Å². The average Bonchev–Trinajstić information content (AvgIpc) is 2.37. The molecule has 0 amide bonds. The van der Waals surface area contributed by atoms with Crippen molar-refractivity contribution < 1.29 is 0 Å². The largest absolute Gasteiger partial charge is 0.324 e. The van der Waals surface area contributed by atoms with Gasteiger partial charge in [-0.3, -0.25) is 0 Å². The van der Waals surface area contributed by atoms with Crippen molar-refractivity contribution in [2.24, 2.45) is 5.73 Å². The van der Waals surface area contributed by atoms with E-state index < -0.39 is 0 Å². The molecule has 94 valence electrons. The fourth-order valence-corrected chi connectivity index (χ4v) is 2.72. The van der Waals surface area contributed by atoms with Crippen LogP contribution in [-0.2, 0) is 5.75 Å². The van der Waals surface area contributed by atoms with Gasteiger partial charge in [-0.05, 0) is 36.6 Å². The van der Waals surface area contributed by atoms with Gasteiger partial charge in [0.15, 0.2) is 0 Å². The molecule has 0 unspecified atom stereocenters. The number of benzene rings is 1. The van der Waals surface area contributed by atoms with Crippen LogP contribution in [0.2, 0.25) is 0 Å². The van der Waals surface area contributed by atoms with E-state index in [1.54, 1.807) is 11.8 Å². The van der Waals surface area contributed by atoms with E-state index in [1.165, 1.54) is 11.1 Å². The van der Waals surface area contributed by atoms with Gasteiger partial charge in [0.25, 0.3) is 0 Å². The van der Waals surface area contributed by atoms with Crippen molar-refractivity contribution in [2.45, 2.75) is 30.7 Å². The van der Waals surface area contributed by atoms with Crippen molar-refractivity contribution in [1.82, 2.24) is 4.98 Å². The van der Waals surface area contributed by atoms with E-state index in [1.807, 2.05) is 19.2 Å². The third kappa shape index (κ3) is 3.34. The normalized spacial score (nSPS) is 12.4. The van der Waals surface area contributed by atoms with Crippen molar-refractivity contribution in [1.29, 1.82) is 0 Å². The highest BCUT2D eigenvalue weighted by atomic mass is 32.2. The van der Waals surface area contributed by atoms with Crippen LogP contribution in [0.4, 0.5) is 0 Å². The van der Waals surface area contributed by atoms with Crippen LogP contribution in [0.1, 0.15) is 29.7 Å². The van der Waals surface area contributed by atoms with Gasteiger partial charge in [-0.1, -0.05) is 30.3 Å². The molecule has 3 heteroatoms. The number of nitrogens with two attached hydrogens (primary N) is 1. The van der Waals surface area contributed by atoms with Gasteiger partial charge in [-0.15, -0.1) is 11.8 Å². The quantitative estimate of drug-likeness (QED) is 0.850. The highest BCUT2D eigenvalue weighted by Gasteiger charge is 2.06. The Balaban J connectivity index is 2.05. The van der Waals surface area contributed by atoms with E-state index >= 15 is 0 Å². The lowest BCUT2D eigenvalue weighted by Gasteiger charge is -2.10. The maximum Gasteiger partial charge on any atom is 0.0965 e. The van der Waals surface area contributed by atoms with E-state index in [4.69, 9.17) is 5.73 Å². The third-order valence-electron chi connectivity index (χ3n) is 2.85. The average molecular weight is 258 g/mol. The van der Waals surface area contributed by atoms with E-state index in [2.05, 4.69) is 42.2 Å². The molecule has 1 aromatic carbocycles. The maximum absolute atomic E-state index is 5.88. The minimum absolute atomic E-state index is 0.0469. The molecule has 0 aliphatic rings. The number of pyridine rings is 1. The molecule has 1 aromatic heterocycles. The number of nitrogens with zero attached hydrogens (tertiary/aromatic N) is 1. The van der Waals surface area contributed by atoms with Crippen LogP contribution >= 0.6 is 11.8 Å².